The Morgan fingerprint density at radius 3 is 2.72 bits per heavy atom. The molecule has 4 nitrogen and oxygen atoms in total. The zero-order chi connectivity index (χ0) is 13.1. The number of benzene rings is 1. The van der Waals surface area contributed by atoms with Crippen molar-refractivity contribution in [3.8, 4) is 11.1 Å². The van der Waals surface area contributed by atoms with Gasteiger partial charge in [-0.05, 0) is 11.6 Å². The van der Waals surface area contributed by atoms with Crippen LogP contribution in [0.1, 0.15) is 16.9 Å². The van der Waals surface area contributed by atoms with Gasteiger partial charge in [-0.2, -0.15) is 13.9 Å². The Morgan fingerprint density at radius 2 is 2.11 bits per heavy atom. The molecule has 94 valence electrons. The predicted molar refractivity (Wildman–Crippen MR) is 60.3 cm³/mol. The summed E-state index contributed by atoms with van der Waals surface area (Å²) in [7, 11) is 1.27. The summed E-state index contributed by atoms with van der Waals surface area (Å²) in [6.07, 6.45) is 2.47. The molecule has 0 N–H and O–H groups in total. The normalized spacial score (nSPS) is 10.7. The molecule has 2 aromatic rings. The Morgan fingerprint density at radius 1 is 1.39 bits per heavy atom. The van der Waals surface area contributed by atoms with Crippen LogP contribution in [-0.4, -0.2) is 22.9 Å². The quantitative estimate of drug-likeness (QED) is 0.789. The lowest BCUT2D eigenvalue weighted by Crippen LogP contribution is -2.03. The molecule has 1 aromatic carbocycles. The minimum absolute atomic E-state index is 0.314. The van der Waals surface area contributed by atoms with E-state index in [1.165, 1.54) is 19.5 Å². The highest BCUT2D eigenvalue weighted by molar-refractivity contribution is 5.97. The Balaban J connectivity index is 2.46. The third-order valence-corrected chi connectivity index (χ3v) is 2.44. The van der Waals surface area contributed by atoms with E-state index in [9.17, 15) is 13.6 Å². The Kier molecular flexibility index (Phi) is 3.36. The number of alkyl halides is 2. The van der Waals surface area contributed by atoms with Crippen molar-refractivity contribution < 1.29 is 18.3 Å². The molecule has 2 rings (SSSR count). The highest BCUT2D eigenvalue weighted by atomic mass is 19.3. The van der Waals surface area contributed by atoms with Crippen molar-refractivity contribution in [1.29, 1.82) is 0 Å². The van der Waals surface area contributed by atoms with Gasteiger partial charge in [-0.1, -0.05) is 18.2 Å². The second kappa shape index (κ2) is 4.95. The van der Waals surface area contributed by atoms with Crippen LogP contribution in [0.15, 0.2) is 36.7 Å². The maximum atomic E-state index is 12.4. The van der Waals surface area contributed by atoms with Gasteiger partial charge in [-0.25, -0.2) is 9.48 Å². The van der Waals surface area contributed by atoms with Gasteiger partial charge in [-0.3, -0.25) is 0 Å². The zero-order valence-corrected chi connectivity index (χ0v) is 9.51. The van der Waals surface area contributed by atoms with Crippen molar-refractivity contribution in [2.45, 2.75) is 6.55 Å². The van der Waals surface area contributed by atoms with Gasteiger partial charge < -0.3 is 4.74 Å². The summed E-state index contributed by atoms with van der Waals surface area (Å²) in [5.41, 5.74) is 1.27. The van der Waals surface area contributed by atoms with Gasteiger partial charge in [0.1, 0.15) is 0 Å². The fourth-order valence-corrected chi connectivity index (χ4v) is 1.61. The Hall–Kier alpha value is -2.24. The number of nitrogens with zero attached hydrogens (tertiary/aromatic N) is 2. The summed E-state index contributed by atoms with van der Waals surface area (Å²) in [6, 6.07) is 6.61. The van der Waals surface area contributed by atoms with E-state index in [0.717, 1.165) is 0 Å². The highest BCUT2D eigenvalue weighted by Crippen LogP contribution is 2.25. The van der Waals surface area contributed by atoms with Crippen LogP contribution in [0.3, 0.4) is 0 Å². The molecule has 0 spiro atoms. The molecule has 0 amide bonds. The van der Waals surface area contributed by atoms with Gasteiger partial charge in [0.05, 0.1) is 18.9 Å². The number of rotatable bonds is 3. The fraction of sp³-hybridized carbons (Fsp3) is 0.167. The van der Waals surface area contributed by atoms with Gasteiger partial charge in [0.25, 0.3) is 0 Å². The summed E-state index contributed by atoms with van der Waals surface area (Å²) >= 11 is 0. The number of carbonyl (C=O) groups excluding carboxylic acids is 1. The Bertz CT molecular complexity index is 567. The molecule has 0 aliphatic rings. The minimum Gasteiger partial charge on any atom is -0.465 e. The van der Waals surface area contributed by atoms with E-state index in [1.807, 2.05) is 0 Å². The van der Waals surface area contributed by atoms with E-state index in [-0.39, 0.29) is 0 Å². The van der Waals surface area contributed by atoms with E-state index in [1.54, 1.807) is 24.3 Å². The number of hydrogen-bond acceptors (Lipinski definition) is 3. The van der Waals surface area contributed by atoms with Crippen LogP contribution >= 0.6 is 0 Å². The molecule has 0 saturated heterocycles. The minimum atomic E-state index is -2.70. The molecule has 6 heteroatoms. The van der Waals surface area contributed by atoms with E-state index in [0.29, 0.717) is 21.4 Å². The van der Waals surface area contributed by atoms with E-state index < -0.39 is 12.5 Å². The van der Waals surface area contributed by atoms with E-state index >= 15 is 0 Å². The second-order valence-electron chi connectivity index (χ2n) is 3.52. The van der Waals surface area contributed by atoms with Crippen LogP contribution in [-0.2, 0) is 4.74 Å². The molecule has 0 radical (unpaired) electrons. The van der Waals surface area contributed by atoms with Gasteiger partial charge >= 0.3 is 12.5 Å². The lowest BCUT2D eigenvalue weighted by Gasteiger charge is -2.05. The molecule has 0 fully saturated rings. The maximum absolute atomic E-state index is 12.4. The van der Waals surface area contributed by atoms with Gasteiger partial charge in [0, 0.05) is 11.8 Å². The first kappa shape index (κ1) is 12.2. The maximum Gasteiger partial charge on any atom is 0.338 e. The number of carbonyl (C=O) groups is 1. The fourth-order valence-electron chi connectivity index (χ4n) is 1.61. The summed E-state index contributed by atoms with van der Waals surface area (Å²) in [5.74, 6) is -0.518. The predicted octanol–water partition coefficient (Wildman–Crippen LogP) is 2.73. The molecular weight excluding hydrogens is 242 g/mol. The number of methoxy groups -OCH3 is 1. The second-order valence-corrected chi connectivity index (χ2v) is 3.52. The molecule has 0 unspecified atom stereocenters. The van der Waals surface area contributed by atoms with E-state index in [4.69, 9.17) is 0 Å². The molecule has 1 heterocycles. The standard InChI is InChI=1S/C12H10F2N2O2/c1-18-11(17)10-5-3-2-4-9(10)8-6-15-16(7-8)12(13)14/h2-7,12H,1H3. The van der Waals surface area contributed by atoms with E-state index in [2.05, 4.69) is 9.84 Å². The molecule has 0 saturated carbocycles. The van der Waals surface area contributed by atoms with Gasteiger partial charge in [0.15, 0.2) is 0 Å². The van der Waals surface area contributed by atoms with Crippen LogP contribution in [0, 0.1) is 0 Å². The average Bonchev–Trinajstić information content (AvgIpc) is 2.87. The zero-order valence-electron chi connectivity index (χ0n) is 9.51. The lowest BCUT2D eigenvalue weighted by atomic mass is 10.0. The van der Waals surface area contributed by atoms with Gasteiger partial charge in [0.2, 0.25) is 0 Å². The molecule has 0 aliphatic heterocycles. The van der Waals surface area contributed by atoms with Gasteiger partial charge in [-0.15, -0.1) is 0 Å². The highest BCUT2D eigenvalue weighted by Gasteiger charge is 2.15. The van der Waals surface area contributed by atoms with Crippen molar-refractivity contribution in [2.24, 2.45) is 0 Å². The average molecular weight is 252 g/mol. The molecular formula is C12H10F2N2O2. The Labute approximate surface area is 102 Å². The van der Waals surface area contributed by atoms with Crippen molar-refractivity contribution in [3.05, 3.63) is 42.2 Å². The van der Waals surface area contributed by atoms with Crippen molar-refractivity contribution in [2.75, 3.05) is 7.11 Å². The topological polar surface area (TPSA) is 44.1 Å². The smallest absolute Gasteiger partial charge is 0.338 e. The molecule has 0 atom stereocenters. The summed E-state index contributed by atoms with van der Waals surface area (Å²) in [4.78, 5) is 11.6. The number of hydrogen-bond donors (Lipinski definition) is 0. The third kappa shape index (κ3) is 2.22. The van der Waals surface area contributed by atoms with Crippen LogP contribution in [0.25, 0.3) is 11.1 Å². The first-order valence-corrected chi connectivity index (χ1v) is 5.13. The van der Waals surface area contributed by atoms with Crippen LogP contribution in [0.5, 0.6) is 0 Å². The molecule has 0 bridgehead atoms. The summed E-state index contributed by atoms with van der Waals surface area (Å²) in [5, 5.41) is 3.53. The summed E-state index contributed by atoms with van der Waals surface area (Å²) in [6.45, 7) is -2.70. The molecule has 0 aliphatic carbocycles. The van der Waals surface area contributed by atoms with Crippen molar-refractivity contribution in [1.82, 2.24) is 9.78 Å². The summed E-state index contributed by atoms with van der Waals surface area (Å²) < 4.78 is 30.0. The van der Waals surface area contributed by atoms with Crippen molar-refractivity contribution >= 4 is 5.97 Å². The molecule has 1 aromatic heterocycles. The van der Waals surface area contributed by atoms with Crippen LogP contribution in [0.2, 0.25) is 0 Å². The lowest BCUT2D eigenvalue weighted by molar-refractivity contribution is 0.0566. The number of aromatic nitrogens is 2. The number of ether oxygens (including phenoxy) is 1. The third-order valence-electron chi connectivity index (χ3n) is 2.44. The number of esters is 1. The van der Waals surface area contributed by atoms with Crippen molar-refractivity contribution in [3.63, 3.8) is 0 Å². The molecule has 18 heavy (non-hydrogen) atoms. The largest absolute Gasteiger partial charge is 0.465 e. The SMILES string of the molecule is COC(=O)c1ccccc1-c1cnn(C(F)F)c1. The van der Waals surface area contributed by atoms with Crippen LogP contribution < -0.4 is 0 Å². The monoisotopic (exact) mass is 252 g/mol. The van der Waals surface area contributed by atoms with Crippen LogP contribution in [0.4, 0.5) is 8.78 Å². The first-order chi connectivity index (χ1) is 8.63. The number of halogens is 2. The first-order valence-electron chi connectivity index (χ1n) is 5.13.